The molecule has 2 N–H and O–H groups in total. The van der Waals surface area contributed by atoms with Crippen molar-refractivity contribution in [2.24, 2.45) is 4.99 Å². The first-order chi connectivity index (χ1) is 9.21. The number of guanidine groups is 1. The lowest BCUT2D eigenvalue weighted by Crippen LogP contribution is -2.37. The van der Waals surface area contributed by atoms with Crippen molar-refractivity contribution in [3.05, 3.63) is 35.1 Å². The molecule has 0 heterocycles. The van der Waals surface area contributed by atoms with Gasteiger partial charge in [-0.25, -0.2) is 9.38 Å². The van der Waals surface area contributed by atoms with Crippen molar-refractivity contribution in [1.82, 2.24) is 10.6 Å². The minimum atomic E-state index is -0.185. The SMILES string of the molecule is CCNC(=NCc1ccc(F)cc1CSC)NCC.I. The zero-order chi connectivity index (χ0) is 14.1. The van der Waals surface area contributed by atoms with Gasteiger partial charge in [0.1, 0.15) is 5.82 Å². The fourth-order valence-electron chi connectivity index (χ4n) is 1.71. The Labute approximate surface area is 142 Å². The van der Waals surface area contributed by atoms with Crippen LogP contribution in [0.1, 0.15) is 25.0 Å². The second-order valence-corrected chi connectivity index (χ2v) is 4.94. The molecule has 0 aromatic heterocycles. The standard InChI is InChI=1S/C14H22FN3S.HI/c1-4-16-14(17-5-2)18-9-11-6-7-13(15)8-12(11)10-19-3;/h6-8H,4-5,9-10H2,1-3H3,(H2,16,17,18);1H. The van der Waals surface area contributed by atoms with Gasteiger partial charge in [0.25, 0.3) is 0 Å². The van der Waals surface area contributed by atoms with Crippen LogP contribution in [0.2, 0.25) is 0 Å². The van der Waals surface area contributed by atoms with E-state index in [0.717, 1.165) is 35.9 Å². The van der Waals surface area contributed by atoms with Crippen molar-refractivity contribution >= 4 is 41.7 Å². The molecule has 0 atom stereocenters. The van der Waals surface area contributed by atoms with Crippen molar-refractivity contribution in [3.63, 3.8) is 0 Å². The molecule has 114 valence electrons. The molecule has 0 saturated carbocycles. The number of halogens is 2. The van der Waals surface area contributed by atoms with Gasteiger partial charge in [0.05, 0.1) is 6.54 Å². The second kappa shape index (κ2) is 11.2. The highest BCUT2D eigenvalue weighted by molar-refractivity contribution is 14.0. The third-order valence-electron chi connectivity index (χ3n) is 2.56. The van der Waals surface area contributed by atoms with Gasteiger partial charge in [0.2, 0.25) is 0 Å². The van der Waals surface area contributed by atoms with Gasteiger partial charge in [-0.1, -0.05) is 6.07 Å². The van der Waals surface area contributed by atoms with Crippen LogP contribution in [0.15, 0.2) is 23.2 Å². The molecular weight excluding hydrogens is 388 g/mol. The smallest absolute Gasteiger partial charge is 0.191 e. The molecule has 1 aromatic carbocycles. The maximum absolute atomic E-state index is 13.2. The molecule has 1 rings (SSSR count). The van der Waals surface area contributed by atoms with Gasteiger partial charge in [-0.3, -0.25) is 0 Å². The summed E-state index contributed by atoms with van der Waals surface area (Å²) in [4.78, 5) is 4.51. The number of aliphatic imine (C=N–C) groups is 1. The van der Waals surface area contributed by atoms with Crippen molar-refractivity contribution in [2.45, 2.75) is 26.1 Å². The van der Waals surface area contributed by atoms with Crippen LogP contribution in [0.5, 0.6) is 0 Å². The quantitative estimate of drug-likeness (QED) is 0.428. The van der Waals surface area contributed by atoms with Gasteiger partial charge in [0, 0.05) is 18.8 Å². The molecule has 6 heteroatoms. The number of benzene rings is 1. The van der Waals surface area contributed by atoms with E-state index < -0.39 is 0 Å². The average molecular weight is 411 g/mol. The Kier molecular flexibility index (Phi) is 10.9. The molecule has 0 spiro atoms. The topological polar surface area (TPSA) is 36.4 Å². The zero-order valence-corrected chi connectivity index (χ0v) is 15.3. The highest BCUT2D eigenvalue weighted by atomic mass is 127. The molecule has 0 unspecified atom stereocenters. The van der Waals surface area contributed by atoms with Crippen LogP contribution in [0.25, 0.3) is 0 Å². The number of nitrogens with one attached hydrogen (secondary N) is 2. The van der Waals surface area contributed by atoms with Gasteiger partial charge < -0.3 is 10.6 Å². The van der Waals surface area contributed by atoms with Gasteiger partial charge in [0.15, 0.2) is 5.96 Å². The van der Waals surface area contributed by atoms with Crippen molar-refractivity contribution < 1.29 is 4.39 Å². The van der Waals surface area contributed by atoms with E-state index in [1.165, 1.54) is 6.07 Å². The Morgan fingerprint density at radius 1 is 1.20 bits per heavy atom. The number of nitrogens with zero attached hydrogens (tertiary/aromatic N) is 1. The first-order valence-electron chi connectivity index (χ1n) is 6.49. The molecule has 0 aliphatic rings. The summed E-state index contributed by atoms with van der Waals surface area (Å²) in [5, 5.41) is 6.35. The Hall–Kier alpha value is -0.500. The van der Waals surface area contributed by atoms with E-state index in [1.807, 2.05) is 26.2 Å². The van der Waals surface area contributed by atoms with E-state index in [1.54, 1.807) is 17.8 Å². The molecule has 0 bridgehead atoms. The highest BCUT2D eigenvalue weighted by Gasteiger charge is 2.04. The average Bonchev–Trinajstić information content (AvgIpc) is 2.38. The van der Waals surface area contributed by atoms with E-state index in [0.29, 0.717) is 6.54 Å². The van der Waals surface area contributed by atoms with Crippen LogP contribution in [-0.2, 0) is 12.3 Å². The molecule has 0 amide bonds. The first kappa shape index (κ1) is 19.5. The van der Waals surface area contributed by atoms with Crippen molar-refractivity contribution in [2.75, 3.05) is 19.3 Å². The Balaban J connectivity index is 0.00000361. The predicted molar refractivity (Wildman–Crippen MR) is 97.5 cm³/mol. The normalized spacial score (nSPS) is 9.60. The lowest BCUT2D eigenvalue weighted by atomic mass is 10.1. The maximum atomic E-state index is 13.2. The second-order valence-electron chi connectivity index (χ2n) is 4.07. The fourth-order valence-corrected chi connectivity index (χ4v) is 2.29. The summed E-state index contributed by atoms with van der Waals surface area (Å²) in [5.74, 6) is 1.42. The van der Waals surface area contributed by atoms with Gasteiger partial charge in [-0.05, 0) is 43.4 Å². The van der Waals surface area contributed by atoms with Crippen LogP contribution in [0, 0.1) is 5.82 Å². The summed E-state index contributed by atoms with van der Waals surface area (Å²) in [6.45, 7) is 6.28. The lowest BCUT2D eigenvalue weighted by Gasteiger charge is -2.11. The number of hydrogen-bond acceptors (Lipinski definition) is 2. The fraction of sp³-hybridized carbons (Fsp3) is 0.500. The zero-order valence-electron chi connectivity index (χ0n) is 12.2. The van der Waals surface area contributed by atoms with Gasteiger partial charge in [-0.15, -0.1) is 24.0 Å². The summed E-state index contributed by atoms with van der Waals surface area (Å²) < 4.78 is 13.2. The molecular formula is C14H23FIN3S. The number of thioether (sulfide) groups is 1. The van der Waals surface area contributed by atoms with Gasteiger partial charge >= 0.3 is 0 Å². The van der Waals surface area contributed by atoms with Crippen molar-refractivity contribution in [1.29, 1.82) is 0 Å². The largest absolute Gasteiger partial charge is 0.357 e. The summed E-state index contributed by atoms with van der Waals surface area (Å²) in [6, 6.07) is 4.91. The van der Waals surface area contributed by atoms with Crippen LogP contribution >= 0.6 is 35.7 Å². The molecule has 20 heavy (non-hydrogen) atoms. The molecule has 0 saturated heterocycles. The van der Waals surface area contributed by atoms with Crippen molar-refractivity contribution in [3.8, 4) is 0 Å². The first-order valence-corrected chi connectivity index (χ1v) is 7.89. The predicted octanol–water partition coefficient (Wildman–Crippen LogP) is 3.38. The molecule has 0 aliphatic carbocycles. The molecule has 0 fully saturated rings. The van der Waals surface area contributed by atoms with E-state index in [9.17, 15) is 4.39 Å². The minimum absolute atomic E-state index is 0. The third-order valence-corrected chi connectivity index (χ3v) is 3.16. The van der Waals surface area contributed by atoms with Crippen LogP contribution in [0.3, 0.4) is 0 Å². The summed E-state index contributed by atoms with van der Waals surface area (Å²) in [6.07, 6.45) is 2.01. The van der Waals surface area contributed by atoms with Crippen LogP contribution in [0.4, 0.5) is 4.39 Å². The monoisotopic (exact) mass is 411 g/mol. The summed E-state index contributed by atoms with van der Waals surface area (Å²) in [7, 11) is 0. The molecule has 0 aliphatic heterocycles. The van der Waals surface area contributed by atoms with Crippen LogP contribution < -0.4 is 10.6 Å². The Bertz CT molecular complexity index is 419. The Morgan fingerprint density at radius 3 is 2.40 bits per heavy atom. The van der Waals surface area contributed by atoms with E-state index in [2.05, 4.69) is 15.6 Å². The van der Waals surface area contributed by atoms with E-state index in [-0.39, 0.29) is 29.8 Å². The summed E-state index contributed by atoms with van der Waals surface area (Å²) in [5.41, 5.74) is 2.09. The highest BCUT2D eigenvalue weighted by Crippen LogP contribution is 2.17. The molecule has 3 nitrogen and oxygen atoms in total. The summed E-state index contributed by atoms with van der Waals surface area (Å²) >= 11 is 1.69. The van der Waals surface area contributed by atoms with E-state index >= 15 is 0 Å². The number of rotatable bonds is 6. The maximum Gasteiger partial charge on any atom is 0.191 e. The number of hydrogen-bond donors (Lipinski definition) is 2. The lowest BCUT2D eigenvalue weighted by molar-refractivity contribution is 0.625. The molecule has 1 aromatic rings. The van der Waals surface area contributed by atoms with Crippen LogP contribution in [-0.4, -0.2) is 25.3 Å². The third kappa shape index (κ3) is 6.78. The Morgan fingerprint density at radius 2 is 1.85 bits per heavy atom. The van der Waals surface area contributed by atoms with Gasteiger partial charge in [-0.2, -0.15) is 11.8 Å². The van der Waals surface area contributed by atoms with E-state index in [4.69, 9.17) is 0 Å². The minimum Gasteiger partial charge on any atom is -0.357 e. The molecule has 0 radical (unpaired) electrons.